The number of benzene rings is 1. The Morgan fingerprint density at radius 1 is 1.19 bits per heavy atom. The number of rotatable bonds is 7. The number of methoxy groups -OCH3 is 1. The molecule has 0 spiro atoms. The summed E-state index contributed by atoms with van der Waals surface area (Å²) in [6, 6.07) is 4.68. The zero-order valence-electron chi connectivity index (χ0n) is 14.8. The van der Waals surface area contributed by atoms with Gasteiger partial charge in [0.1, 0.15) is 29.8 Å². The molecule has 1 aromatic rings. The molecule has 0 saturated carbocycles. The lowest BCUT2D eigenvalue weighted by molar-refractivity contribution is -0.271. The Morgan fingerprint density at radius 3 is 2.48 bits per heavy atom. The third kappa shape index (κ3) is 4.83. The SMILES string of the molecule is CCC(=O)/C=C/c1ccc(OC)cc1OC1OC(C(=O)O)C(O)C(O)C1O. The number of hydrogen-bond acceptors (Lipinski definition) is 8. The fourth-order valence-electron chi connectivity index (χ4n) is 2.46. The first kappa shape index (κ1) is 20.8. The molecule has 5 unspecified atom stereocenters. The van der Waals surface area contributed by atoms with Crippen LogP contribution in [0.5, 0.6) is 11.5 Å². The van der Waals surface area contributed by atoms with Crippen LogP contribution in [0, 0.1) is 0 Å². The molecule has 1 fully saturated rings. The minimum atomic E-state index is -1.82. The van der Waals surface area contributed by atoms with Crippen LogP contribution in [0.2, 0.25) is 0 Å². The summed E-state index contributed by atoms with van der Waals surface area (Å²) in [6.45, 7) is 1.71. The molecule has 0 aromatic heterocycles. The first-order chi connectivity index (χ1) is 12.8. The highest BCUT2D eigenvalue weighted by Gasteiger charge is 2.48. The minimum absolute atomic E-state index is 0.116. The van der Waals surface area contributed by atoms with E-state index in [0.29, 0.717) is 17.7 Å². The average molecular weight is 382 g/mol. The fourth-order valence-corrected chi connectivity index (χ4v) is 2.46. The van der Waals surface area contributed by atoms with Crippen LogP contribution in [0.1, 0.15) is 18.9 Å². The number of ether oxygens (including phenoxy) is 3. The Morgan fingerprint density at radius 2 is 1.89 bits per heavy atom. The number of carbonyl (C=O) groups is 2. The Labute approximate surface area is 155 Å². The summed E-state index contributed by atoms with van der Waals surface area (Å²) in [5.74, 6) is -1.09. The van der Waals surface area contributed by atoms with Gasteiger partial charge in [0.15, 0.2) is 11.9 Å². The van der Waals surface area contributed by atoms with Crippen molar-refractivity contribution in [1.82, 2.24) is 0 Å². The molecule has 1 heterocycles. The van der Waals surface area contributed by atoms with E-state index in [9.17, 15) is 24.9 Å². The van der Waals surface area contributed by atoms with Crippen LogP contribution in [-0.2, 0) is 14.3 Å². The van der Waals surface area contributed by atoms with Gasteiger partial charge in [0.25, 0.3) is 0 Å². The molecule has 0 bridgehead atoms. The Bertz CT molecular complexity index is 715. The Balaban J connectivity index is 2.32. The van der Waals surface area contributed by atoms with Gasteiger partial charge in [-0.3, -0.25) is 4.79 Å². The van der Waals surface area contributed by atoms with Gasteiger partial charge in [0.2, 0.25) is 6.29 Å². The second-order valence-corrected chi connectivity index (χ2v) is 5.91. The Hall–Kier alpha value is -2.46. The number of carboxylic acid groups (broad SMARTS) is 1. The molecular formula is C18H22O9. The van der Waals surface area contributed by atoms with Gasteiger partial charge in [-0.15, -0.1) is 0 Å². The van der Waals surface area contributed by atoms with Crippen LogP contribution in [0.15, 0.2) is 24.3 Å². The third-order valence-electron chi connectivity index (χ3n) is 4.07. The topological polar surface area (TPSA) is 143 Å². The molecule has 2 rings (SSSR count). The molecule has 1 aromatic carbocycles. The third-order valence-corrected chi connectivity index (χ3v) is 4.07. The van der Waals surface area contributed by atoms with E-state index < -0.39 is 36.7 Å². The summed E-state index contributed by atoms with van der Waals surface area (Å²) in [4.78, 5) is 22.7. The highest BCUT2D eigenvalue weighted by atomic mass is 16.7. The van der Waals surface area contributed by atoms with Gasteiger partial charge in [0, 0.05) is 18.1 Å². The number of aliphatic hydroxyl groups excluding tert-OH is 3. The molecule has 0 amide bonds. The quantitative estimate of drug-likeness (QED) is 0.478. The molecule has 4 N–H and O–H groups in total. The fraction of sp³-hybridized carbons (Fsp3) is 0.444. The molecule has 27 heavy (non-hydrogen) atoms. The summed E-state index contributed by atoms with van der Waals surface area (Å²) >= 11 is 0. The van der Waals surface area contributed by atoms with Gasteiger partial charge >= 0.3 is 5.97 Å². The second kappa shape index (κ2) is 8.96. The largest absolute Gasteiger partial charge is 0.497 e. The summed E-state index contributed by atoms with van der Waals surface area (Å²) < 4.78 is 15.8. The lowest BCUT2D eigenvalue weighted by Gasteiger charge is -2.38. The van der Waals surface area contributed by atoms with E-state index in [1.807, 2.05) is 0 Å². The predicted molar refractivity (Wildman–Crippen MR) is 92.3 cm³/mol. The van der Waals surface area contributed by atoms with E-state index in [1.165, 1.54) is 25.3 Å². The van der Waals surface area contributed by atoms with E-state index >= 15 is 0 Å². The minimum Gasteiger partial charge on any atom is -0.497 e. The molecule has 1 aliphatic rings. The van der Waals surface area contributed by atoms with Gasteiger partial charge in [-0.1, -0.05) is 6.92 Å². The van der Waals surface area contributed by atoms with Crippen LogP contribution < -0.4 is 9.47 Å². The first-order valence-corrected chi connectivity index (χ1v) is 8.26. The summed E-state index contributed by atoms with van der Waals surface area (Å²) in [5.41, 5.74) is 0.445. The lowest BCUT2D eigenvalue weighted by Crippen LogP contribution is -2.61. The maximum absolute atomic E-state index is 11.5. The molecule has 1 saturated heterocycles. The normalized spacial score (nSPS) is 28.1. The van der Waals surface area contributed by atoms with Crippen molar-refractivity contribution in [1.29, 1.82) is 0 Å². The molecule has 9 heteroatoms. The molecule has 0 radical (unpaired) electrons. The number of carboxylic acids is 1. The predicted octanol–water partition coefficient (Wildman–Crippen LogP) is -0.0415. The van der Waals surface area contributed by atoms with Crippen molar-refractivity contribution >= 4 is 17.8 Å². The summed E-state index contributed by atoms with van der Waals surface area (Å²) in [5, 5.41) is 38.8. The van der Waals surface area contributed by atoms with Crippen LogP contribution in [0.3, 0.4) is 0 Å². The van der Waals surface area contributed by atoms with Crippen LogP contribution in [-0.4, -0.2) is 70.0 Å². The molecule has 5 atom stereocenters. The van der Waals surface area contributed by atoms with Crippen molar-refractivity contribution in [2.45, 2.75) is 44.1 Å². The molecule has 0 aliphatic carbocycles. The van der Waals surface area contributed by atoms with E-state index in [4.69, 9.17) is 19.3 Å². The molecular weight excluding hydrogens is 360 g/mol. The van der Waals surface area contributed by atoms with E-state index in [1.54, 1.807) is 19.1 Å². The summed E-state index contributed by atoms with van der Waals surface area (Å²) in [7, 11) is 1.43. The number of carbonyl (C=O) groups excluding carboxylic acids is 1. The summed E-state index contributed by atoms with van der Waals surface area (Å²) in [6.07, 6.45) is -5.47. The number of aliphatic hydroxyl groups is 3. The highest BCUT2D eigenvalue weighted by Crippen LogP contribution is 2.30. The molecule has 9 nitrogen and oxygen atoms in total. The monoisotopic (exact) mass is 382 g/mol. The first-order valence-electron chi connectivity index (χ1n) is 8.26. The Kier molecular flexibility index (Phi) is 6.92. The lowest BCUT2D eigenvalue weighted by atomic mass is 9.99. The van der Waals surface area contributed by atoms with Crippen molar-refractivity contribution in [3.63, 3.8) is 0 Å². The zero-order valence-corrected chi connectivity index (χ0v) is 14.8. The van der Waals surface area contributed by atoms with Crippen LogP contribution in [0.4, 0.5) is 0 Å². The van der Waals surface area contributed by atoms with Crippen molar-refractivity contribution in [3.8, 4) is 11.5 Å². The van der Waals surface area contributed by atoms with Crippen molar-refractivity contribution < 1.29 is 44.2 Å². The van der Waals surface area contributed by atoms with Crippen molar-refractivity contribution in [3.05, 3.63) is 29.8 Å². The smallest absolute Gasteiger partial charge is 0.335 e. The van der Waals surface area contributed by atoms with E-state index in [-0.39, 0.29) is 11.5 Å². The van der Waals surface area contributed by atoms with Crippen molar-refractivity contribution in [2.24, 2.45) is 0 Å². The van der Waals surface area contributed by atoms with Gasteiger partial charge in [-0.05, 0) is 24.3 Å². The number of allylic oxidation sites excluding steroid dienone is 1. The molecule has 148 valence electrons. The number of aliphatic carboxylic acids is 1. The highest BCUT2D eigenvalue weighted by molar-refractivity contribution is 5.93. The zero-order chi connectivity index (χ0) is 20.1. The van der Waals surface area contributed by atoms with E-state index in [0.717, 1.165) is 0 Å². The van der Waals surface area contributed by atoms with Gasteiger partial charge in [-0.2, -0.15) is 0 Å². The average Bonchev–Trinajstić information content (AvgIpc) is 2.66. The number of ketones is 1. The van der Waals surface area contributed by atoms with Gasteiger partial charge in [-0.25, -0.2) is 4.79 Å². The van der Waals surface area contributed by atoms with Crippen molar-refractivity contribution in [2.75, 3.05) is 7.11 Å². The standard InChI is InChI=1S/C18H22O9/c1-3-10(19)6-4-9-5-7-11(25-2)8-12(9)26-18-15(22)13(20)14(21)16(27-18)17(23)24/h4-8,13-16,18,20-22H,3H2,1-2H3,(H,23,24)/b6-4+. The van der Waals surface area contributed by atoms with E-state index in [2.05, 4.69) is 0 Å². The maximum atomic E-state index is 11.5. The van der Waals surface area contributed by atoms with Crippen LogP contribution in [0.25, 0.3) is 6.08 Å². The van der Waals surface area contributed by atoms with Gasteiger partial charge < -0.3 is 34.6 Å². The molecule has 1 aliphatic heterocycles. The number of hydrogen-bond donors (Lipinski definition) is 4. The van der Waals surface area contributed by atoms with Crippen LogP contribution >= 0.6 is 0 Å². The maximum Gasteiger partial charge on any atom is 0.335 e. The second-order valence-electron chi connectivity index (χ2n) is 5.91. The van der Waals surface area contributed by atoms with Gasteiger partial charge in [0.05, 0.1) is 7.11 Å².